The van der Waals surface area contributed by atoms with Gasteiger partial charge in [0.15, 0.2) is 11.5 Å². The summed E-state index contributed by atoms with van der Waals surface area (Å²) in [5, 5.41) is 0. The van der Waals surface area contributed by atoms with E-state index in [1.807, 2.05) is 32.0 Å². The second kappa shape index (κ2) is 5.16. The molecule has 1 heterocycles. The summed E-state index contributed by atoms with van der Waals surface area (Å²) in [7, 11) is 1.67. The highest BCUT2D eigenvalue weighted by Gasteiger charge is 2.28. The Hall–Kier alpha value is -1.26. The third-order valence-corrected chi connectivity index (χ3v) is 3.41. The average Bonchev–Trinajstić information content (AvgIpc) is 2.62. The first kappa shape index (κ1) is 13.2. The number of nitrogens with two attached hydrogens (primary N) is 1. The monoisotopic (exact) mass is 251 g/mol. The Morgan fingerprint density at radius 2 is 1.89 bits per heavy atom. The van der Waals surface area contributed by atoms with Gasteiger partial charge < -0.3 is 19.9 Å². The highest BCUT2D eigenvalue weighted by atomic mass is 16.5. The molecule has 0 aromatic heterocycles. The zero-order valence-corrected chi connectivity index (χ0v) is 11.2. The van der Waals surface area contributed by atoms with E-state index in [0.717, 1.165) is 23.5 Å². The largest absolute Gasteiger partial charge is 0.490 e. The number of ether oxygens (including phenoxy) is 3. The van der Waals surface area contributed by atoms with Gasteiger partial charge in [0.05, 0.1) is 24.9 Å². The Morgan fingerprint density at radius 1 is 1.22 bits per heavy atom. The van der Waals surface area contributed by atoms with Crippen LogP contribution >= 0.6 is 0 Å². The lowest BCUT2D eigenvalue weighted by molar-refractivity contribution is -0.0000825. The van der Waals surface area contributed by atoms with E-state index in [1.165, 1.54) is 0 Å². The third kappa shape index (κ3) is 2.60. The molecule has 0 saturated carbocycles. The standard InChI is InChI=1S/C14H21NO3/c1-14(2,16-3)13(15)10-5-6-11-12(9-10)18-8-4-7-17-11/h5-6,9,13H,4,7-8,15H2,1-3H3. The lowest BCUT2D eigenvalue weighted by Gasteiger charge is -2.30. The van der Waals surface area contributed by atoms with E-state index in [-0.39, 0.29) is 6.04 Å². The van der Waals surface area contributed by atoms with Gasteiger partial charge in [-0.05, 0) is 31.5 Å². The molecule has 0 aliphatic carbocycles. The van der Waals surface area contributed by atoms with E-state index in [0.29, 0.717) is 13.2 Å². The van der Waals surface area contributed by atoms with E-state index in [2.05, 4.69) is 0 Å². The molecule has 18 heavy (non-hydrogen) atoms. The van der Waals surface area contributed by atoms with Crippen LogP contribution in [0, 0.1) is 0 Å². The molecule has 0 radical (unpaired) electrons. The summed E-state index contributed by atoms with van der Waals surface area (Å²) in [5.41, 5.74) is 6.81. The summed E-state index contributed by atoms with van der Waals surface area (Å²) in [6.45, 7) is 5.32. The fourth-order valence-electron chi connectivity index (χ4n) is 1.90. The minimum Gasteiger partial charge on any atom is -0.490 e. The molecule has 1 aliphatic rings. The molecule has 0 amide bonds. The van der Waals surface area contributed by atoms with Crippen LogP contribution in [0.5, 0.6) is 11.5 Å². The molecule has 0 saturated heterocycles. The average molecular weight is 251 g/mol. The summed E-state index contributed by atoms with van der Waals surface area (Å²) in [6, 6.07) is 5.63. The number of hydrogen-bond donors (Lipinski definition) is 1. The Bertz CT molecular complexity index is 418. The SMILES string of the molecule is COC(C)(C)C(N)c1ccc2c(c1)OCCCO2. The maximum absolute atomic E-state index is 6.23. The van der Waals surface area contributed by atoms with Crippen molar-refractivity contribution in [3.8, 4) is 11.5 Å². The predicted molar refractivity (Wildman–Crippen MR) is 70.1 cm³/mol. The molecule has 0 bridgehead atoms. The molecule has 2 rings (SSSR count). The second-order valence-corrected chi connectivity index (χ2v) is 5.04. The van der Waals surface area contributed by atoms with Crippen LogP contribution in [-0.2, 0) is 4.74 Å². The van der Waals surface area contributed by atoms with E-state index >= 15 is 0 Å². The summed E-state index contributed by atoms with van der Waals surface area (Å²) in [5.74, 6) is 1.56. The molecule has 0 fully saturated rings. The normalized spacial score (nSPS) is 17.1. The van der Waals surface area contributed by atoms with Crippen molar-refractivity contribution in [3.05, 3.63) is 23.8 Å². The molecule has 4 heteroatoms. The van der Waals surface area contributed by atoms with Crippen molar-refractivity contribution in [2.45, 2.75) is 31.9 Å². The van der Waals surface area contributed by atoms with Crippen molar-refractivity contribution < 1.29 is 14.2 Å². The number of hydrogen-bond acceptors (Lipinski definition) is 4. The van der Waals surface area contributed by atoms with E-state index < -0.39 is 5.60 Å². The van der Waals surface area contributed by atoms with Crippen LogP contribution in [-0.4, -0.2) is 25.9 Å². The van der Waals surface area contributed by atoms with Gasteiger partial charge in [0.2, 0.25) is 0 Å². The third-order valence-electron chi connectivity index (χ3n) is 3.41. The molecular weight excluding hydrogens is 230 g/mol. The Balaban J connectivity index is 2.28. The van der Waals surface area contributed by atoms with Crippen LogP contribution in [0.2, 0.25) is 0 Å². The number of fused-ring (bicyclic) bond motifs is 1. The van der Waals surface area contributed by atoms with Crippen molar-refractivity contribution in [2.24, 2.45) is 5.73 Å². The van der Waals surface area contributed by atoms with Crippen LogP contribution in [0.3, 0.4) is 0 Å². The summed E-state index contributed by atoms with van der Waals surface area (Å²) < 4.78 is 16.7. The lowest BCUT2D eigenvalue weighted by Crippen LogP contribution is -2.37. The van der Waals surface area contributed by atoms with Crippen LogP contribution in [0.1, 0.15) is 31.9 Å². The van der Waals surface area contributed by atoms with Gasteiger partial charge in [0.1, 0.15) is 0 Å². The van der Waals surface area contributed by atoms with Gasteiger partial charge in [0, 0.05) is 13.5 Å². The van der Waals surface area contributed by atoms with Crippen molar-refractivity contribution in [1.29, 1.82) is 0 Å². The number of methoxy groups -OCH3 is 1. The smallest absolute Gasteiger partial charge is 0.161 e. The van der Waals surface area contributed by atoms with E-state index in [4.69, 9.17) is 19.9 Å². The quantitative estimate of drug-likeness (QED) is 0.895. The summed E-state index contributed by atoms with van der Waals surface area (Å²) in [6.07, 6.45) is 0.902. The minimum atomic E-state index is -0.417. The maximum atomic E-state index is 6.23. The van der Waals surface area contributed by atoms with Crippen LogP contribution in [0.25, 0.3) is 0 Å². The maximum Gasteiger partial charge on any atom is 0.161 e. The molecule has 2 N–H and O–H groups in total. The fraction of sp³-hybridized carbons (Fsp3) is 0.571. The number of rotatable bonds is 3. The first-order chi connectivity index (χ1) is 8.54. The zero-order valence-electron chi connectivity index (χ0n) is 11.2. The van der Waals surface area contributed by atoms with Crippen LogP contribution in [0.4, 0.5) is 0 Å². The number of benzene rings is 1. The van der Waals surface area contributed by atoms with Gasteiger partial charge in [0.25, 0.3) is 0 Å². The summed E-state index contributed by atoms with van der Waals surface area (Å²) >= 11 is 0. The molecule has 100 valence electrons. The van der Waals surface area contributed by atoms with Gasteiger partial charge in [-0.25, -0.2) is 0 Å². The second-order valence-electron chi connectivity index (χ2n) is 5.04. The first-order valence-corrected chi connectivity index (χ1v) is 6.25. The molecule has 1 aromatic rings. The molecule has 1 aromatic carbocycles. The van der Waals surface area contributed by atoms with Crippen molar-refractivity contribution >= 4 is 0 Å². The molecular formula is C14H21NO3. The van der Waals surface area contributed by atoms with Crippen molar-refractivity contribution in [1.82, 2.24) is 0 Å². The molecule has 0 spiro atoms. The first-order valence-electron chi connectivity index (χ1n) is 6.25. The van der Waals surface area contributed by atoms with Gasteiger partial charge in [-0.15, -0.1) is 0 Å². The molecule has 1 unspecified atom stereocenters. The molecule has 4 nitrogen and oxygen atoms in total. The van der Waals surface area contributed by atoms with Gasteiger partial charge in [-0.3, -0.25) is 0 Å². The Kier molecular flexibility index (Phi) is 3.78. The zero-order chi connectivity index (χ0) is 13.2. The Morgan fingerprint density at radius 3 is 2.56 bits per heavy atom. The Labute approximate surface area is 108 Å². The molecule has 1 aliphatic heterocycles. The lowest BCUT2D eigenvalue weighted by atomic mass is 9.92. The van der Waals surface area contributed by atoms with Gasteiger partial charge in [-0.2, -0.15) is 0 Å². The minimum absolute atomic E-state index is 0.209. The topological polar surface area (TPSA) is 53.7 Å². The van der Waals surface area contributed by atoms with Gasteiger partial charge in [-0.1, -0.05) is 6.07 Å². The van der Waals surface area contributed by atoms with Crippen LogP contribution < -0.4 is 15.2 Å². The van der Waals surface area contributed by atoms with E-state index in [1.54, 1.807) is 7.11 Å². The predicted octanol–water partition coefficient (Wildman–Crippen LogP) is 2.27. The molecule has 1 atom stereocenters. The fourth-order valence-corrected chi connectivity index (χ4v) is 1.90. The van der Waals surface area contributed by atoms with Crippen molar-refractivity contribution in [2.75, 3.05) is 20.3 Å². The highest BCUT2D eigenvalue weighted by molar-refractivity contribution is 5.44. The van der Waals surface area contributed by atoms with Crippen LogP contribution in [0.15, 0.2) is 18.2 Å². The summed E-state index contributed by atoms with van der Waals surface area (Å²) in [4.78, 5) is 0. The van der Waals surface area contributed by atoms with Crippen molar-refractivity contribution in [3.63, 3.8) is 0 Å². The van der Waals surface area contributed by atoms with Gasteiger partial charge >= 0.3 is 0 Å². The van der Waals surface area contributed by atoms with E-state index in [9.17, 15) is 0 Å². The highest BCUT2D eigenvalue weighted by Crippen LogP contribution is 2.34.